The van der Waals surface area contributed by atoms with Gasteiger partial charge < -0.3 is 5.32 Å². The summed E-state index contributed by atoms with van der Waals surface area (Å²) in [6.07, 6.45) is 0. The van der Waals surface area contributed by atoms with Crippen molar-refractivity contribution in [3.8, 4) is 5.69 Å². The van der Waals surface area contributed by atoms with Gasteiger partial charge in [-0.05, 0) is 68.0 Å². The van der Waals surface area contributed by atoms with Crippen LogP contribution < -0.4 is 16.6 Å². The number of carbonyl (C=O) groups excluding carboxylic acids is 1. The van der Waals surface area contributed by atoms with Gasteiger partial charge >= 0.3 is 5.69 Å². The number of fused-ring (bicyclic) bond motifs is 1. The van der Waals surface area contributed by atoms with Crippen molar-refractivity contribution in [2.75, 3.05) is 5.32 Å². The number of aryl methyl sites for hydroxylation is 4. The molecule has 2 aromatic heterocycles. The summed E-state index contributed by atoms with van der Waals surface area (Å²) >= 11 is 1.27. The molecule has 0 aliphatic heterocycles. The molecule has 0 atom stereocenters. The second kappa shape index (κ2) is 8.00. The molecular formula is C24H23N3O3S. The lowest BCUT2D eigenvalue weighted by atomic mass is 10.1. The molecular weight excluding hydrogens is 410 g/mol. The molecule has 1 amide bonds. The van der Waals surface area contributed by atoms with Crippen molar-refractivity contribution in [3.05, 3.63) is 90.9 Å². The summed E-state index contributed by atoms with van der Waals surface area (Å²) in [4.78, 5) is 39.4. The molecule has 6 nitrogen and oxygen atoms in total. The summed E-state index contributed by atoms with van der Waals surface area (Å²) < 4.78 is 2.99. The molecule has 0 saturated carbocycles. The standard InChI is InChI=1S/C24H23N3O3S/c1-14-6-8-18(17(4)11-14)25-21(28)13-26-19-9-10-31-22(19)23(29)27(24(26)30)20-12-15(2)5-7-16(20)3/h5-12H,13H2,1-4H3,(H,25,28). The molecule has 0 aliphatic carbocycles. The van der Waals surface area contributed by atoms with Crippen LogP contribution in [0, 0.1) is 27.7 Å². The van der Waals surface area contributed by atoms with E-state index >= 15 is 0 Å². The normalized spacial score (nSPS) is 11.1. The van der Waals surface area contributed by atoms with Crippen molar-refractivity contribution < 1.29 is 4.79 Å². The van der Waals surface area contributed by atoms with Gasteiger partial charge in [0.15, 0.2) is 0 Å². The Morgan fingerprint density at radius 2 is 1.65 bits per heavy atom. The van der Waals surface area contributed by atoms with Crippen LogP contribution in [0.1, 0.15) is 22.3 Å². The maximum atomic E-state index is 13.4. The fourth-order valence-electron chi connectivity index (χ4n) is 3.70. The first-order valence-corrected chi connectivity index (χ1v) is 10.8. The number of nitrogens with zero attached hydrogens (tertiary/aromatic N) is 2. The third-order valence-electron chi connectivity index (χ3n) is 5.32. The highest BCUT2D eigenvalue weighted by Crippen LogP contribution is 2.19. The average Bonchev–Trinajstić information content (AvgIpc) is 3.20. The molecule has 0 aliphatic rings. The summed E-state index contributed by atoms with van der Waals surface area (Å²) in [5, 5.41) is 4.64. The molecule has 0 fully saturated rings. The molecule has 0 bridgehead atoms. The van der Waals surface area contributed by atoms with E-state index in [1.807, 2.05) is 64.1 Å². The molecule has 2 aromatic carbocycles. The lowest BCUT2D eigenvalue weighted by molar-refractivity contribution is -0.116. The molecule has 0 radical (unpaired) electrons. The highest BCUT2D eigenvalue weighted by Gasteiger charge is 2.19. The monoisotopic (exact) mass is 433 g/mol. The Bertz CT molecular complexity index is 1440. The summed E-state index contributed by atoms with van der Waals surface area (Å²) in [5.41, 5.74) is 4.62. The number of aromatic nitrogens is 2. The highest BCUT2D eigenvalue weighted by molar-refractivity contribution is 7.17. The topological polar surface area (TPSA) is 73.1 Å². The van der Waals surface area contributed by atoms with Crippen molar-refractivity contribution in [2.24, 2.45) is 0 Å². The van der Waals surface area contributed by atoms with Crippen LogP contribution >= 0.6 is 11.3 Å². The minimum Gasteiger partial charge on any atom is -0.324 e. The van der Waals surface area contributed by atoms with Gasteiger partial charge in [0.25, 0.3) is 5.56 Å². The van der Waals surface area contributed by atoms with Gasteiger partial charge in [-0.2, -0.15) is 0 Å². The molecule has 4 rings (SSSR count). The fraction of sp³-hybridized carbons (Fsp3) is 0.208. The summed E-state index contributed by atoms with van der Waals surface area (Å²) in [6, 6.07) is 13.1. The van der Waals surface area contributed by atoms with Crippen molar-refractivity contribution >= 4 is 33.1 Å². The summed E-state index contributed by atoms with van der Waals surface area (Å²) in [6.45, 7) is 7.49. The molecule has 31 heavy (non-hydrogen) atoms. The van der Waals surface area contributed by atoms with Crippen molar-refractivity contribution in [1.82, 2.24) is 9.13 Å². The van der Waals surface area contributed by atoms with Crippen LogP contribution in [0.2, 0.25) is 0 Å². The second-order valence-corrected chi connectivity index (χ2v) is 8.72. The van der Waals surface area contributed by atoms with Crippen LogP contribution in [0.3, 0.4) is 0 Å². The Kier molecular flexibility index (Phi) is 5.37. The zero-order chi connectivity index (χ0) is 22.3. The van der Waals surface area contributed by atoms with Crippen LogP contribution in [0.5, 0.6) is 0 Å². The number of carbonyl (C=O) groups is 1. The SMILES string of the molecule is Cc1ccc(NC(=O)Cn2c(=O)n(-c3cc(C)ccc3C)c(=O)c3sccc32)c(C)c1. The van der Waals surface area contributed by atoms with Crippen molar-refractivity contribution in [2.45, 2.75) is 34.2 Å². The highest BCUT2D eigenvalue weighted by atomic mass is 32.1. The molecule has 1 N–H and O–H groups in total. The predicted octanol–water partition coefficient (Wildman–Crippen LogP) is 4.09. The maximum Gasteiger partial charge on any atom is 0.336 e. The van der Waals surface area contributed by atoms with Gasteiger partial charge in [-0.15, -0.1) is 11.3 Å². The van der Waals surface area contributed by atoms with Crippen molar-refractivity contribution in [3.63, 3.8) is 0 Å². The Morgan fingerprint density at radius 3 is 2.39 bits per heavy atom. The molecule has 2 heterocycles. The van der Waals surface area contributed by atoms with E-state index in [2.05, 4.69) is 5.32 Å². The smallest absolute Gasteiger partial charge is 0.324 e. The Balaban J connectivity index is 1.82. The van der Waals surface area contributed by atoms with Crippen LogP contribution in [0.4, 0.5) is 5.69 Å². The number of benzene rings is 2. The Hall–Kier alpha value is -3.45. The molecule has 7 heteroatoms. The van der Waals surface area contributed by atoms with E-state index in [1.54, 1.807) is 11.4 Å². The zero-order valence-corrected chi connectivity index (χ0v) is 18.7. The van der Waals surface area contributed by atoms with E-state index in [0.717, 1.165) is 22.3 Å². The first-order chi connectivity index (χ1) is 14.8. The molecule has 0 unspecified atom stereocenters. The van der Waals surface area contributed by atoms with E-state index in [1.165, 1.54) is 20.5 Å². The third kappa shape index (κ3) is 3.84. The molecule has 4 aromatic rings. The van der Waals surface area contributed by atoms with Crippen LogP contribution in [0.15, 0.2) is 57.4 Å². The summed E-state index contributed by atoms with van der Waals surface area (Å²) in [7, 11) is 0. The number of hydrogen-bond donors (Lipinski definition) is 1. The minimum absolute atomic E-state index is 0.190. The fourth-order valence-corrected chi connectivity index (χ4v) is 4.52. The number of anilines is 1. The minimum atomic E-state index is -0.527. The largest absolute Gasteiger partial charge is 0.336 e. The van der Waals surface area contributed by atoms with E-state index in [-0.39, 0.29) is 18.0 Å². The van der Waals surface area contributed by atoms with Gasteiger partial charge in [0.1, 0.15) is 11.2 Å². The number of rotatable bonds is 4. The maximum absolute atomic E-state index is 13.4. The molecule has 0 spiro atoms. The number of nitrogens with one attached hydrogen (secondary N) is 1. The van der Waals surface area contributed by atoms with Gasteiger partial charge in [-0.25, -0.2) is 9.36 Å². The van der Waals surface area contributed by atoms with E-state index in [4.69, 9.17) is 0 Å². The van der Waals surface area contributed by atoms with Gasteiger partial charge in [0.05, 0.1) is 11.2 Å². The van der Waals surface area contributed by atoms with Gasteiger partial charge in [0.2, 0.25) is 5.91 Å². The lowest BCUT2D eigenvalue weighted by Crippen LogP contribution is -2.40. The molecule has 0 saturated heterocycles. The quantitative estimate of drug-likeness (QED) is 0.527. The average molecular weight is 434 g/mol. The lowest BCUT2D eigenvalue weighted by Gasteiger charge is -2.15. The number of thiophene rings is 1. The Morgan fingerprint density at radius 1 is 0.935 bits per heavy atom. The van der Waals surface area contributed by atoms with Crippen molar-refractivity contribution in [1.29, 1.82) is 0 Å². The van der Waals surface area contributed by atoms with Gasteiger partial charge in [-0.3, -0.25) is 14.2 Å². The Labute approximate surface area is 183 Å². The van der Waals surface area contributed by atoms with E-state index in [9.17, 15) is 14.4 Å². The van der Waals surface area contributed by atoms with Gasteiger partial charge in [-0.1, -0.05) is 29.8 Å². The predicted molar refractivity (Wildman–Crippen MR) is 126 cm³/mol. The van der Waals surface area contributed by atoms with E-state index in [0.29, 0.717) is 21.6 Å². The van der Waals surface area contributed by atoms with Crippen LogP contribution in [-0.4, -0.2) is 15.0 Å². The van der Waals surface area contributed by atoms with Crippen LogP contribution in [-0.2, 0) is 11.3 Å². The second-order valence-electron chi connectivity index (χ2n) is 7.80. The zero-order valence-electron chi connectivity index (χ0n) is 17.9. The summed E-state index contributed by atoms with van der Waals surface area (Å²) in [5.74, 6) is -0.326. The van der Waals surface area contributed by atoms with Crippen LogP contribution in [0.25, 0.3) is 15.9 Å². The first kappa shape index (κ1) is 20.8. The third-order valence-corrected chi connectivity index (χ3v) is 6.21. The molecule has 158 valence electrons. The van der Waals surface area contributed by atoms with E-state index < -0.39 is 5.69 Å². The number of amides is 1. The van der Waals surface area contributed by atoms with Gasteiger partial charge in [0, 0.05) is 5.69 Å². The number of hydrogen-bond acceptors (Lipinski definition) is 4. The first-order valence-electron chi connectivity index (χ1n) is 9.94.